The van der Waals surface area contributed by atoms with Gasteiger partial charge in [0.05, 0.1) is 15.8 Å². The highest BCUT2D eigenvalue weighted by atomic mass is 16.6. The highest BCUT2D eigenvalue weighted by Gasteiger charge is 2.11. The first kappa shape index (κ1) is 11.1. The fraction of sp³-hybridized carbons (Fsp3) is 0.200. The first-order valence-electron chi connectivity index (χ1n) is 4.96. The van der Waals surface area contributed by atoms with Gasteiger partial charge in [-0.05, 0) is 13.0 Å². The van der Waals surface area contributed by atoms with Crippen molar-refractivity contribution in [2.24, 2.45) is 0 Å². The van der Waals surface area contributed by atoms with Crippen LogP contribution in [0, 0.1) is 10.1 Å². The first-order valence-corrected chi connectivity index (χ1v) is 4.96. The highest BCUT2D eigenvalue weighted by Crippen LogP contribution is 2.16. The number of nitrogens with one attached hydrogen (secondary N) is 1. The van der Waals surface area contributed by atoms with E-state index >= 15 is 0 Å². The lowest BCUT2D eigenvalue weighted by atomic mass is 10.2. The summed E-state index contributed by atoms with van der Waals surface area (Å²) in [5.74, 6) is 0. The van der Waals surface area contributed by atoms with E-state index in [0.29, 0.717) is 6.54 Å². The van der Waals surface area contributed by atoms with E-state index in [9.17, 15) is 19.7 Å². The maximum Gasteiger partial charge on any atom is 0.328 e. The molecule has 2 aromatic rings. The van der Waals surface area contributed by atoms with Crippen molar-refractivity contribution in [2.45, 2.75) is 13.5 Å². The van der Waals surface area contributed by atoms with Gasteiger partial charge in [-0.25, -0.2) is 4.79 Å². The molecular weight excluding hydrogens is 226 g/mol. The summed E-state index contributed by atoms with van der Waals surface area (Å²) in [4.78, 5) is 35.3. The largest absolute Gasteiger partial charge is 0.328 e. The van der Waals surface area contributed by atoms with Crippen LogP contribution in [0.1, 0.15) is 6.92 Å². The summed E-state index contributed by atoms with van der Waals surface area (Å²) in [5, 5.41) is 10.9. The lowest BCUT2D eigenvalue weighted by Gasteiger charge is -2.05. The molecule has 0 amide bonds. The Morgan fingerprint density at radius 3 is 2.71 bits per heavy atom. The number of nitrogens with zero attached hydrogens (tertiary/aromatic N) is 2. The van der Waals surface area contributed by atoms with Gasteiger partial charge in [0.1, 0.15) is 0 Å². The topological polar surface area (TPSA) is 98.0 Å². The molecule has 0 spiro atoms. The monoisotopic (exact) mass is 235 g/mol. The molecule has 0 atom stereocenters. The van der Waals surface area contributed by atoms with Gasteiger partial charge in [0, 0.05) is 18.7 Å². The van der Waals surface area contributed by atoms with Crippen molar-refractivity contribution in [3.63, 3.8) is 0 Å². The van der Waals surface area contributed by atoms with E-state index in [1.807, 2.05) is 0 Å². The normalized spacial score (nSPS) is 10.6. The average molecular weight is 235 g/mol. The molecule has 0 aliphatic heterocycles. The van der Waals surface area contributed by atoms with Gasteiger partial charge < -0.3 is 0 Å². The van der Waals surface area contributed by atoms with Crippen LogP contribution >= 0.6 is 0 Å². The summed E-state index contributed by atoms with van der Waals surface area (Å²) in [6.07, 6.45) is 0. The predicted molar refractivity (Wildman–Crippen MR) is 61.2 cm³/mol. The third-order valence-corrected chi connectivity index (χ3v) is 2.51. The minimum absolute atomic E-state index is 0.148. The van der Waals surface area contributed by atoms with E-state index < -0.39 is 16.2 Å². The molecule has 0 aliphatic rings. The molecule has 1 aromatic heterocycles. The summed E-state index contributed by atoms with van der Waals surface area (Å²) in [5.41, 5.74) is -0.977. The Morgan fingerprint density at radius 1 is 1.41 bits per heavy atom. The van der Waals surface area contributed by atoms with Crippen molar-refractivity contribution in [1.29, 1.82) is 0 Å². The lowest BCUT2D eigenvalue weighted by Crippen LogP contribution is -2.29. The van der Waals surface area contributed by atoms with Gasteiger partial charge in [-0.2, -0.15) is 0 Å². The Balaban J connectivity index is 2.96. The van der Waals surface area contributed by atoms with E-state index in [2.05, 4.69) is 4.98 Å². The van der Waals surface area contributed by atoms with Crippen molar-refractivity contribution in [2.75, 3.05) is 0 Å². The van der Waals surface area contributed by atoms with E-state index in [1.54, 1.807) is 6.92 Å². The maximum absolute atomic E-state index is 11.5. The van der Waals surface area contributed by atoms with Gasteiger partial charge in [-0.15, -0.1) is 0 Å². The van der Waals surface area contributed by atoms with Crippen LogP contribution in [0.15, 0.2) is 27.8 Å². The van der Waals surface area contributed by atoms with Crippen LogP contribution in [0.3, 0.4) is 0 Å². The van der Waals surface area contributed by atoms with Gasteiger partial charge in [0.2, 0.25) is 0 Å². The number of rotatable bonds is 2. The summed E-state index contributed by atoms with van der Waals surface area (Å²) in [7, 11) is 0. The molecule has 0 bridgehead atoms. The van der Waals surface area contributed by atoms with Crippen LogP contribution in [-0.2, 0) is 6.54 Å². The summed E-state index contributed by atoms with van der Waals surface area (Å²) in [6.45, 7) is 2.05. The fourth-order valence-electron chi connectivity index (χ4n) is 1.70. The molecule has 0 aliphatic carbocycles. The molecule has 0 fully saturated rings. The average Bonchev–Trinajstić information content (AvgIpc) is 2.28. The second-order valence-corrected chi connectivity index (χ2v) is 3.46. The van der Waals surface area contributed by atoms with Crippen molar-refractivity contribution < 1.29 is 4.92 Å². The van der Waals surface area contributed by atoms with Crippen LogP contribution in [0.25, 0.3) is 10.9 Å². The number of nitro benzene ring substituents is 1. The maximum atomic E-state index is 11.5. The second-order valence-electron chi connectivity index (χ2n) is 3.46. The molecule has 0 saturated heterocycles. The zero-order valence-corrected chi connectivity index (χ0v) is 8.97. The van der Waals surface area contributed by atoms with E-state index in [0.717, 1.165) is 0 Å². The fourth-order valence-corrected chi connectivity index (χ4v) is 1.70. The van der Waals surface area contributed by atoms with Crippen molar-refractivity contribution in [3.05, 3.63) is 49.2 Å². The number of hydrogen-bond acceptors (Lipinski definition) is 4. The van der Waals surface area contributed by atoms with Crippen molar-refractivity contribution in [1.82, 2.24) is 9.55 Å². The molecule has 1 heterocycles. The number of fused-ring (bicyclic) bond motifs is 1. The zero-order chi connectivity index (χ0) is 12.6. The Bertz CT molecular complexity index is 714. The third-order valence-electron chi connectivity index (χ3n) is 2.51. The Labute approximate surface area is 94.5 Å². The molecule has 7 heteroatoms. The van der Waals surface area contributed by atoms with Gasteiger partial charge in [0.15, 0.2) is 0 Å². The summed E-state index contributed by atoms with van der Waals surface area (Å²) >= 11 is 0. The molecule has 1 aromatic carbocycles. The van der Waals surface area contributed by atoms with Gasteiger partial charge >= 0.3 is 5.69 Å². The molecule has 1 N–H and O–H groups in total. The van der Waals surface area contributed by atoms with Crippen molar-refractivity contribution >= 4 is 16.6 Å². The molecule has 88 valence electrons. The molecule has 2 rings (SSSR count). The van der Waals surface area contributed by atoms with Crippen LogP contribution in [0.2, 0.25) is 0 Å². The number of H-pyrrole nitrogens is 1. The molecule has 17 heavy (non-hydrogen) atoms. The van der Waals surface area contributed by atoms with Crippen LogP contribution in [0.4, 0.5) is 5.69 Å². The van der Waals surface area contributed by atoms with E-state index in [4.69, 9.17) is 0 Å². The third kappa shape index (κ3) is 1.71. The molecule has 0 radical (unpaired) electrons. The number of aromatic amines is 1. The van der Waals surface area contributed by atoms with E-state index in [1.165, 1.54) is 22.8 Å². The molecular formula is C10H9N3O4. The van der Waals surface area contributed by atoms with Gasteiger partial charge in [0.25, 0.3) is 11.2 Å². The number of aryl methyl sites for hydroxylation is 1. The van der Waals surface area contributed by atoms with Crippen LogP contribution < -0.4 is 11.2 Å². The summed E-state index contributed by atoms with van der Waals surface area (Å²) < 4.78 is 1.28. The predicted octanol–water partition coefficient (Wildman–Crippen LogP) is 0.618. The quantitative estimate of drug-likeness (QED) is 0.609. The number of benzene rings is 1. The Morgan fingerprint density at radius 2 is 2.12 bits per heavy atom. The number of aromatic nitrogens is 2. The second kappa shape index (κ2) is 3.85. The van der Waals surface area contributed by atoms with Crippen LogP contribution in [-0.4, -0.2) is 14.5 Å². The molecule has 7 nitrogen and oxygen atoms in total. The minimum atomic E-state index is -0.564. The lowest BCUT2D eigenvalue weighted by molar-refractivity contribution is -0.384. The first-order chi connectivity index (χ1) is 8.04. The Kier molecular flexibility index (Phi) is 2.51. The van der Waals surface area contributed by atoms with E-state index in [-0.39, 0.29) is 16.6 Å². The van der Waals surface area contributed by atoms with Gasteiger partial charge in [-0.3, -0.25) is 24.5 Å². The number of hydrogen-bond donors (Lipinski definition) is 1. The highest BCUT2D eigenvalue weighted by molar-refractivity contribution is 5.80. The minimum Gasteiger partial charge on any atom is -0.293 e. The summed E-state index contributed by atoms with van der Waals surface area (Å²) in [6, 6.07) is 3.81. The standard InChI is InChI=1S/C10H9N3O4/c1-2-12-8-5-6(13(16)17)3-4-7(8)9(14)11-10(12)15/h3-5H,2H2,1H3,(H,11,14,15). The smallest absolute Gasteiger partial charge is 0.293 e. The Hall–Kier alpha value is -2.44. The van der Waals surface area contributed by atoms with Crippen LogP contribution in [0.5, 0.6) is 0 Å². The molecule has 0 unspecified atom stereocenters. The number of nitro groups is 1. The van der Waals surface area contributed by atoms with Gasteiger partial charge in [-0.1, -0.05) is 0 Å². The van der Waals surface area contributed by atoms with Crippen molar-refractivity contribution in [3.8, 4) is 0 Å². The zero-order valence-electron chi connectivity index (χ0n) is 8.97. The number of non-ortho nitro benzene ring substituents is 1. The SMILES string of the molecule is CCn1c(=O)[nH]c(=O)c2ccc([N+](=O)[O-])cc21. The molecule has 0 saturated carbocycles.